The number of hydrogen-bond acceptors (Lipinski definition) is 2. The molecule has 2 rings (SSSR count). The van der Waals surface area contributed by atoms with Gasteiger partial charge < -0.3 is 15.0 Å². The number of rotatable bonds is 7. The van der Waals surface area contributed by atoms with Crippen LogP contribution in [0.5, 0.6) is 5.75 Å². The number of carbonyl (C=O) groups is 1. The molecule has 0 bridgehead atoms. The van der Waals surface area contributed by atoms with Gasteiger partial charge in [0, 0.05) is 6.04 Å². The molecule has 1 fully saturated rings. The van der Waals surface area contributed by atoms with E-state index in [-0.39, 0.29) is 5.91 Å². The van der Waals surface area contributed by atoms with Gasteiger partial charge in [0.05, 0.1) is 7.05 Å². The Labute approximate surface area is 133 Å². The largest absolute Gasteiger partial charge is 0.488 e. The number of amides is 1. The summed E-state index contributed by atoms with van der Waals surface area (Å²) in [7, 11) is 2.04. The number of benzene rings is 1. The number of quaternary nitrogens is 1. The van der Waals surface area contributed by atoms with Crippen LogP contribution in [0.25, 0.3) is 0 Å². The molecule has 4 heteroatoms. The highest BCUT2D eigenvalue weighted by atomic mass is 16.5. The zero-order valence-corrected chi connectivity index (χ0v) is 13.8. The van der Waals surface area contributed by atoms with Crippen molar-refractivity contribution in [2.45, 2.75) is 38.6 Å². The Kier molecular flexibility index (Phi) is 6.72. The Morgan fingerprint density at radius 3 is 2.73 bits per heavy atom. The molecule has 1 aliphatic rings. The SMILES string of the molecule is C[C@@H]1CCCC[C@@H]1NC(=O)C[NH+](C)CCOc1ccccc1. The van der Waals surface area contributed by atoms with Crippen molar-refractivity contribution in [3.63, 3.8) is 0 Å². The van der Waals surface area contributed by atoms with Crippen molar-refractivity contribution in [3.05, 3.63) is 30.3 Å². The third-order valence-electron chi connectivity index (χ3n) is 4.46. The molecule has 1 amide bonds. The van der Waals surface area contributed by atoms with E-state index in [1.54, 1.807) is 0 Å². The van der Waals surface area contributed by atoms with Gasteiger partial charge in [0.25, 0.3) is 5.91 Å². The van der Waals surface area contributed by atoms with Crippen molar-refractivity contribution >= 4 is 5.91 Å². The number of nitrogens with one attached hydrogen (secondary N) is 2. The summed E-state index contributed by atoms with van der Waals surface area (Å²) in [5.74, 6) is 1.66. The van der Waals surface area contributed by atoms with Crippen LogP contribution in [-0.2, 0) is 4.79 Å². The van der Waals surface area contributed by atoms with Gasteiger partial charge in [0.2, 0.25) is 0 Å². The van der Waals surface area contributed by atoms with Crippen molar-refractivity contribution < 1.29 is 14.4 Å². The maximum absolute atomic E-state index is 12.1. The summed E-state index contributed by atoms with van der Waals surface area (Å²) in [6, 6.07) is 10.2. The zero-order valence-electron chi connectivity index (χ0n) is 13.8. The molecule has 1 aliphatic carbocycles. The maximum Gasteiger partial charge on any atom is 0.275 e. The first-order valence-electron chi connectivity index (χ1n) is 8.43. The topological polar surface area (TPSA) is 42.8 Å². The molecule has 0 saturated heterocycles. The lowest BCUT2D eigenvalue weighted by Crippen LogP contribution is -3.10. The Morgan fingerprint density at radius 2 is 2.00 bits per heavy atom. The lowest BCUT2D eigenvalue weighted by Gasteiger charge is -2.29. The van der Waals surface area contributed by atoms with Crippen molar-refractivity contribution in [2.24, 2.45) is 5.92 Å². The second kappa shape index (κ2) is 8.79. The molecule has 3 atom stereocenters. The van der Waals surface area contributed by atoms with Gasteiger partial charge in [-0.2, -0.15) is 0 Å². The van der Waals surface area contributed by atoms with E-state index < -0.39 is 0 Å². The van der Waals surface area contributed by atoms with Crippen LogP contribution < -0.4 is 15.0 Å². The summed E-state index contributed by atoms with van der Waals surface area (Å²) >= 11 is 0. The molecule has 0 aliphatic heterocycles. The van der Waals surface area contributed by atoms with E-state index in [0.29, 0.717) is 25.1 Å². The first kappa shape index (κ1) is 16.8. The fourth-order valence-corrected chi connectivity index (χ4v) is 3.01. The summed E-state index contributed by atoms with van der Waals surface area (Å²) in [5.41, 5.74) is 0. The van der Waals surface area contributed by atoms with Crippen molar-refractivity contribution in [1.82, 2.24) is 5.32 Å². The van der Waals surface area contributed by atoms with E-state index in [1.807, 2.05) is 37.4 Å². The van der Waals surface area contributed by atoms with E-state index >= 15 is 0 Å². The second-order valence-corrected chi connectivity index (χ2v) is 6.48. The van der Waals surface area contributed by atoms with Crippen molar-refractivity contribution in [3.8, 4) is 5.75 Å². The number of hydrogen-bond donors (Lipinski definition) is 2. The minimum absolute atomic E-state index is 0.163. The molecule has 1 saturated carbocycles. The minimum atomic E-state index is 0.163. The van der Waals surface area contributed by atoms with Gasteiger partial charge in [0.15, 0.2) is 6.54 Å². The van der Waals surface area contributed by atoms with Crippen LogP contribution >= 0.6 is 0 Å². The average molecular weight is 305 g/mol. The minimum Gasteiger partial charge on any atom is -0.488 e. The second-order valence-electron chi connectivity index (χ2n) is 6.48. The van der Waals surface area contributed by atoms with Crippen LogP contribution in [0.4, 0.5) is 0 Å². The summed E-state index contributed by atoms with van der Waals surface area (Å²) in [6.45, 7) is 4.21. The van der Waals surface area contributed by atoms with Crippen LogP contribution in [0.15, 0.2) is 30.3 Å². The predicted molar refractivity (Wildman–Crippen MR) is 88.1 cm³/mol. The fraction of sp³-hybridized carbons (Fsp3) is 0.611. The molecule has 1 aromatic carbocycles. The average Bonchev–Trinajstić information content (AvgIpc) is 2.50. The van der Waals surface area contributed by atoms with Gasteiger partial charge >= 0.3 is 0 Å². The molecular weight excluding hydrogens is 276 g/mol. The molecule has 122 valence electrons. The van der Waals surface area contributed by atoms with E-state index in [1.165, 1.54) is 24.2 Å². The summed E-state index contributed by atoms with van der Waals surface area (Å²) in [4.78, 5) is 13.3. The molecule has 0 spiro atoms. The van der Waals surface area contributed by atoms with Gasteiger partial charge in [-0.05, 0) is 30.9 Å². The molecular formula is C18H29N2O2+. The lowest BCUT2D eigenvalue weighted by molar-refractivity contribution is -0.871. The van der Waals surface area contributed by atoms with Crippen LogP contribution in [0.3, 0.4) is 0 Å². The quantitative estimate of drug-likeness (QED) is 0.797. The number of likely N-dealkylation sites (N-methyl/N-ethyl adjacent to an activating group) is 1. The zero-order chi connectivity index (χ0) is 15.8. The monoisotopic (exact) mass is 305 g/mol. The lowest BCUT2D eigenvalue weighted by atomic mass is 9.86. The Bertz CT molecular complexity index is 450. The maximum atomic E-state index is 12.1. The molecule has 1 unspecified atom stereocenters. The highest BCUT2D eigenvalue weighted by Crippen LogP contribution is 2.23. The molecule has 1 aromatic rings. The van der Waals surface area contributed by atoms with E-state index in [0.717, 1.165) is 18.7 Å². The van der Waals surface area contributed by atoms with Crippen LogP contribution in [0.2, 0.25) is 0 Å². The third kappa shape index (κ3) is 5.68. The predicted octanol–water partition coefficient (Wildman–Crippen LogP) is 1.28. The van der Waals surface area contributed by atoms with Gasteiger partial charge in [-0.3, -0.25) is 4.79 Å². The van der Waals surface area contributed by atoms with Crippen molar-refractivity contribution in [2.75, 3.05) is 26.7 Å². The highest BCUT2D eigenvalue weighted by Gasteiger charge is 2.23. The van der Waals surface area contributed by atoms with Crippen LogP contribution in [0.1, 0.15) is 32.6 Å². The van der Waals surface area contributed by atoms with Gasteiger partial charge in [-0.15, -0.1) is 0 Å². The van der Waals surface area contributed by atoms with E-state index in [9.17, 15) is 4.79 Å². The van der Waals surface area contributed by atoms with E-state index in [2.05, 4.69) is 12.2 Å². The molecule has 0 heterocycles. The first-order valence-corrected chi connectivity index (χ1v) is 8.43. The van der Waals surface area contributed by atoms with Gasteiger partial charge in [-0.1, -0.05) is 38.0 Å². The molecule has 4 nitrogen and oxygen atoms in total. The molecule has 22 heavy (non-hydrogen) atoms. The third-order valence-corrected chi connectivity index (χ3v) is 4.46. The molecule has 0 radical (unpaired) electrons. The normalized spacial score (nSPS) is 22.8. The first-order chi connectivity index (χ1) is 10.6. The van der Waals surface area contributed by atoms with Crippen molar-refractivity contribution in [1.29, 1.82) is 0 Å². The van der Waals surface area contributed by atoms with Gasteiger partial charge in [0.1, 0.15) is 18.9 Å². The van der Waals surface area contributed by atoms with Crippen LogP contribution in [0, 0.1) is 5.92 Å². The smallest absolute Gasteiger partial charge is 0.275 e. The molecule has 0 aromatic heterocycles. The summed E-state index contributed by atoms with van der Waals surface area (Å²) < 4.78 is 5.67. The Hall–Kier alpha value is -1.55. The number of carbonyl (C=O) groups excluding carboxylic acids is 1. The number of ether oxygens (including phenoxy) is 1. The summed E-state index contributed by atoms with van der Waals surface area (Å²) in [5, 5.41) is 3.21. The van der Waals surface area contributed by atoms with Crippen LogP contribution in [-0.4, -0.2) is 38.7 Å². The standard InChI is InChI=1S/C18H28N2O2/c1-15-8-6-7-11-17(15)19-18(21)14-20(2)12-13-22-16-9-4-3-5-10-16/h3-5,9-10,15,17H,6-8,11-14H2,1-2H3,(H,19,21)/p+1/t15-,17+/m1/s1. The Morgan fingerprint density at radius 1 is 1.27 bits per heavy atom. The number of para-hydroxylation sites is 1. The van der Waals surface area contributed by atoms with E-state index in [4.69, 9.17) is 4.74 Å². The molecule has 2 N–H and O–H groups in total. The Balaban J connectivity index is 1.63. The van der Waals surface area contributed by atoms with Gasteiger partial charge in [-0.25, -0.2) is 0 Å². The fourth-order valence-electron chi connectivity index (χ4n) is 3.01. The summed E-state index contributed by atoms with van der Waals surface area (Å²) in [6.07, 6.45) is 4.90. The highest BCUT2D eigenvalue weighted by molar-refractivity contribution is 5.77.